The van der Waals surface area contributed by atoms with Gasteiger partial charge in [0, 0.05) is 6.20 Å². The van der Waals surface area contributed by atoms with E-state index in [1.54, 1.807) is 24.6 Å². The molecule has 4 heteroatoms. The van der Waals surface area contributed by atoms with E-state index in [-0.39, 0.29) is 6.04 Å². The summed E-state index contributed by atoms with van der Waals surface area (Å²) in [5.74, 6) is 0.707. The molecule has 0 radical (unpaired) electrons. The van der Waals surface area contributed by atoms with E-state index >= 15 is 0 Å². The molecule has 0 aliphatic rings. The van der Waals surface area contributed by atoms with E-state index in [0.29, 0.717) is 5.76 Å². The monoisotopic (exact) mass is 175 g/mol. The van der Waals surface area contributed by atoms with Gasteiger partial charge in [0.15, 0.2) is 0 Å². The summed E-state index contributed by atoms with van der Waals surface area (Å²) < 4.78 is 5.16. The van der Waals surface area contributed by atoms with E-state index in [0.717, 1.165) is 5.69 Å². The number of hydrogen-bond acceptors (Lipinski definition) is 4. The second-order valence-electron chi connectivity index (χ2n) is 2.63. The van der Waals surface area contributed by atoms with E-state index in [4.69, 9.17) is 10.2 Å². The average molecular weight is 175 g/mol. The van der Waals surface area contributed by atoms with E-state index in [9.17, 15) is 0 Å². The van der Waals surface area contributed by atoms with Crippen LogP contribution in [0, 0.1) is 0 Å². The fourth-order valence-electron chi connectivity index (χ4n) is 1.10. The molecule has 0 saturated heterocycles. The summed E-state index contributed by atoms with van der Waals surface area (Å²) in [6.07, 6.45) is 4.72. The normalized spacial score (nSPS) is 12.7. The van der Waals surface area contributed by atoms with Gasteiger partial charge in [-0.25, -0.2) is 9.97 Å². The maximum Gasteiger partial charge on any atom is 0.126 e. The van der Waals surface area contributed by atoms with Gasteiger partial charge in [-0.1, -0.05) is 0 Å². The van der Waals surface area contributed by atoms with Crippen LogP contribution in [0.25, 0.3) is 0 Å². The molecule has 0 saturated carbocycles. The molecule has 2 heterocycles. The van der Waals surface area contributed by atoms with Gasteiger partial charge in [0.05, 0.1) is 12.0 Å². The summed E-state index contributed by atoms with van der Waals surface area (Å²) in [5.41, 5.74) is 6.63. The first-order chi connectivity index (χ1) is 6.38. The third-order valence-electron chi connectivity index (χ3n) is 1.77. The number of nitrogens with zero attached hydrogens (tertiary/aromatic N) is 2. The first-order valence-corrected chi connectivity index (χ1v) is 3.93. The highest BCUT2D eigenvalue weighted by Crippen LogP contribution is 2.16. The zero-order valence-electron chi connectivity index (χ0n) is 6.92. The molecular weight excluding hydrogens is 166 g/mol. The first kappa shape index (κ1) is 7.94. The molecule has 0 aliphatic carbocycles. The highest BCUT2D eigenvalue weighted by atomic mass is 16.3. The number of rotatable bonds is 2. The Morgan fingerprint density at radius 2 is 2.31 bits per heavy atom. The third kappa shape index (κ3) is 1.57. The van der Waals surface area contributed by atoms with Crippen molar-refractivity contribution in [2.24, 2.45) is 5.73 Å². The number of furan rings is 1. The van der Waals surface area contributed by atoms with Crippen molar-refractivity contribution in [3.63, 3.8) is 0 Å². The van der Waals surface area contributed by atoms with Crippen molar-refractivity contribution in [3.05, 3.63) is 48.4 Å². The summed E-state index contributed by atoms with van der Waals surface area (Å²) >= 11 is 0. The van der Waals surface area contributed by atoms with Gasteiger partial charge in [-0.3, -0.25) is 0 Å². The fraction of sp³-hybridized carbons (Fsp3) is 0.111. The average Bonchev–Trinajstić information content (AvgIpc) is 2.71. The summed E-state index contributed by atoms with van der Waals surface area (Å²) in [7, 11) is 0. The van der Waals surface area contributed by atoms with Crippen LogP contribution in [-0.2, 0) is 0 Å². The van der Waals surface area contributed by atoms with E-state index in [2.05, 4.69) is 9.97 Å². The second kappa shape index (κ2) is 3.37. The standard InChI is InChI=1S/C9H9N3O/c10-9(8-2-1-5-13-8)7-3-4-11-6-12-7/h1-6,9H,10H2. The van der Waals surface area contributed by atoms with Crippen LogP contribution in [0.3, 0.4) is 0 Å². The summed E-state index contributed by atoms with van der Waals surface area (Å²) in [6.45, 7) is 0. The van der Waals surface area contributed by atoms with Crippen LogP contribution in [0.1, 0.15) is 17.5 Å². The van der Waals surface area contributed by atoms with Crippen molar-refractivity contribution in [2.45, 2.75) is 6.04 Å². The molecule has 0 spiro atoms. The summed E-state index contributed by atoms with van der Waals surface area (Å²) in [5, 5.41) is 0. The van der Waals surface area contributed by atoms with Crippen LogP contribution in [0.4, 0.5) is 0 Å². The predicted molar refractivity (Wildman–Crippen MR) is 46.8 cm³/mol. The van der Waals surface area contributed by atoms with Crippen molar-refractivity contribution in [2.75, 3.05) is 0 Å². The van der Waals surface area contributed by atoms with Crippen LogP contribution in [-0.4, -0.2) is 9.97 Å². The van der Waals surface area contributed by atoms with Crippen LogP contribution >= 0.6 is 0 Å². The lowest BCUT2D eigenvalue weighted by Crippen LogP contribution is -2.12. The van der Waals surface area contributed by atoms with Crippen LogP contribution in [0.15, 0.2) is 41.4 Å². The van der Waals surface area contributed by atoms with E-state index in [1.807, 2.05) is 6.07 Å². The number of hydrogen-bond donors (Lipinski definition) is 1. The Labute approximate surface area is 75.4 Å². The summed E-state index contributed by atoms with van der Waals surface area (Å²) in [4.78, 5) is 7.85. The lowest BCUT2D eigenvalue weighted by atomic mass is 10.2. The molecule has 66 valence electrons. The van der Waals surface area contributed by atoms with Gasteiger partial charge in [-0.05, 0) is 18.2 Å². The van der Waals surface area contributed by atoms with Crippen molar-refractivity contribution in [1.82, 2.24) is 9.97 Å². The van der Waals surface area contributed by atoms with Gasteiger partial charge < -0.3 is 10.2 Å². The molecule has 2 aromatic heterocycles. The zero-order chi connectivity index (χ0) is 9.10. The third-order valence-corrected chi connectivity index (χ3v) is 1.77. The molecule has 0 aliphatic heterocycles. The zero-order valence-corrected chi connectivity index (χ0v) is 6.92. The largest absolute Gasteiger partial charge is 0.467 e. The molecule has 1 atom stereocenters. The molecule has 1 unspecified atom stereocenters. The predicted octanol–water partition coefficient (Wildman–Crippen LogP) is 1.12. The van der Waals surface area contributed by atoms with E-state index < -0.39 is 0 Å². The maximum absolute atomic E-state index is 5.88. The highest BCUT2D eigenvalue weighted by Gasteiger charge is 2.11. The second-order valence-corrected chi connectivity index (χ2v) is 2.63. The minimum absolute atomic E-state index is 0.307. The topological polar surface area (TPSA) is 64.9 Å². The maximum atomic E-state index is 5.88. The van der Waals surface area contributed by atoms with Gasteiger partial charge in [0.2, 0.25) is 0 Å². The first-order valence-electron chi connectivity index (χ1n) is 3.93. The quantitative estimate of drug-likeness (QED) is 0.742. The Bertz CT molecular complexity index is 358. The van der Waals surface area contributed by atoms with Crippen LogP contribution < -0.4 is 5.73 Å². The van der Waals surface area contributed by atoms with Crippen LogP contribution in [0.5, 0.6) is 0 Å². The molecule has 0 aromatic carbocycles. The molecular formula is C9H9N3O. The Morgan fingerprint density at radius 1 is 1.38 bits per heavy atom. The smallest absolute Gasteiger partial charge is 0.126 e. The number of aromatic nitrogens is 2. The van der Waals surface area contributed by atoms with E-state index in [1.165, 1.54) is 6.33 Å². The van der Waals surface area contributed by atoms with Gasteiger partial charge in [-0.15, -0.1) is 0 Å². The van der Waals surface area contributed by atoms with Gasteiger partial charge in [-0.2, -0.15) is 0 Å². The Morgan fingerprint density at radius 3 is 2.92 bits per heavy atom. The molecule has 0 amide bonds. The molecule has 2 rings (SSSR count). The fourth-order valence-corrected chi connectivity index (χ4v) is 1.10. The highest BCUT2D eigenvalue weighted by molar-refractivity contribution is 5.17. The molecule has 0 fully saturated rings. The lowest BCUT2D eigenvalue weighted by molar-refractivity contribution is 0.486. The Kier molecular flexibility index (Phi) is 2.06. The van der Waals surface area contributed by atoms with Crippen LogP contribution in [0.2, 0.25) is 0 Å². The molecule has 0 bridgehead atoms. The molecule has 4 nitrogen and oxygen atoms in total. The molecule has 2 N–H and O–H groups in total. The van der Waals surface area contributed by atoms with Crippen molar-refractivity contribution in [3.8, 4) is 0 Å². The van der Waals surface area contributed by atoms with Gasteiger partial charge >= 0.3 is 0 Å². The molecule has 13 heavy (non-hydrogen) atoms. The minimum Gasteiger partial charge on any atom is -0.467 e. The Hall–Kier alpha value is -1.68. The Balaban J connectivity index is 2.29. The minimum atomic E-state index is -0.307. The SMILES string of the molecule is NC(c1ccncn1)c1ccco1. The summed E-state index contributed by atoms with van der Waals surface area (Å²) in [6, 6.07) is 5.09. The van der Waals surface area contributed by atoms with Crippen molar-refractivity contribution < 1.29 is 4.42 Å². The van der Waals surface area contributed by atoms with Crippen molar-refractivity contribution in [1.29, 1.82) is 0 Å². The van der Waals surface area contributed by atoms with Gasteiger partial charge in [0.1, 0.15) is 18.1 Å². The lowest BCUT2D eigenvalue weighted by Gasteiger charge is -2.06. The number of nitrogens with two attached hydrogens (primary N) is 1. The van der Waals surface area contributed by atoms with Crippen molar-refractivity contribution >= 4 is 0 Å². The van der Waals surface area contributed by atoms with Gasteiger partial charge in [0.25, 0.3) is 0 Å². The molecule has 2 aromatic rings.